The van der Waals surface area contributed by atoms with Gasteiger partial charge in [0.1, 0.15) is 0 Å². The average Bonchev–Trinajstić information content (AvgIpc) is 2.79. The Morgan fingerprint density at radius 1 is 0.970 bits per heavy atom. The van der Waals surface area contributed by atoms with Crippen LogP contribution in [0, 0.1) is 10.1 Å². The highest BCUT2D eigenvalue weighted by Crippen LogP contribution is 2.39. The van der Waals surface area contributed by atoms with Crippen LogP contribution in [-0.2, 0) is 5.75 Å². The maximum atomic E-state index is 13.4. The summed E-state index contributed by atoms with van der Waals surface area (Å²) in [6.45, 7) is 0. The highest BCUT2D eigenvalue weighted by atomic mass is 127. The molecule has 3 aromatic rings. The Morgan fingerprint density at radius 3 is 2.09 bits per heavy atom. The third kappa shape index (κ3) is 6.21. The van der Waals surface area contributed by atoms with Gasteiger partial charge >= 0.3 is 11.7 Å². The van der Waals surface area contributed by atoms with E-state index in [0.29, 0.717) is 25.4 Å². The molecule has 0 aliphatic carbocycles. The van der Waals surface area contributed by atoms with Crippen LogP contribution in [0.25, 0.3) is 3.58 Å². The summed E-state index contributed by atoms with van der Waals surface area (Å²) in [4.78, 5) is 35.2. The van der Waals surface area contributed by atoms with E-state index >= 15 is 0 Å². The van der Waals surface area contributed by atoms with Crippen molar-refractivity contribution in [1.82, 2.24) is 0 Å². The Morgan fingerprint density at radius 2 is 1.55 bits per heavy atom. The number of halogens is 2. The molecule has 33 heavy (non-hydrogen) atoms. The van der Waals surface area contributed by atoms with Gasteiger partial charge < -0.3 is 10.2 Å². The molecule has 168 valence electrons. The van der Waals surface area contributed by atoms with Crippen LogP contribution in [0.3, 0.4) is 0 Å². The zero-order chi connectivity index (χ0) is 24.1. The van der Waals surface area contributed by atoms with Crippen LogP contribution >= 0.6 is 50.3 Å². The van der Waals surface area contributed by atoms with Crippen molar-refractivity contribution in [1.29, 1.82) is 0 Å². The molecule has 0 aliphatic rings. The van der Waals surface area contributed by atoms with Crippen LogP contribution in [0.15, 0.2) is 76.1 Å². The van der Waals surface area contributed by atoms with Crippen LogP contribution in [0.5, 0.6) is 5.75 Å². The number of nitro benzene ring substituents is 1. The molecule has 0 unspecified atom stereocenters. The lowest BCUT2D eigenvalue weighted by atomic mass is 10.1. The Kier molecular flexibility index (Phi) is 8.27. The monoisotopic (exact) mass is 639 g/mol. The van der Waals surface area contributed by atoms with Crippen LogP contribution in [0.2, 0.25) is 0 Å². The largest absolute Gasteiger partial charge is 0.502 e. The van der Waals surface area contributed by atoms with E-state index in [9.17, 15) is 24.8 Å². The molecule has 0 bridgehead atoms. The van der Waals surface area contributed by atoms with E-state index in [2.05, 4.69) is 15.9 Å². The van der Waals surface area contributed by atoms with Crippen molar-refractivity contribution in [3.63, 3.8) is 0 Å². The molecule has 10 heteroatoms. The SMILES string of the molecule is O=C(O)c1ccc(C(=O)C(SCc2ccc(Br)cc2)=C(I)c2ccc([N+](=O)[O-])c(O)c2)cc1. The maximum Gasteiger partial charge on any atom is 0.335 e. The molecule has 0 atom stereocenters. The van der Waals surface area contributed by atoms with Crippen LogP contribution in [0.1, 0.15) is 31.8 Å². The quantitative estimate of drug-likeness (QED) is 0.0928. The minimum absolute atomic E-state index is 0.0644. The van der Waals surface area contributed by atoms with Gasteiger partial charge in [0.25, 0.3) is 0 Å². The minimum Gasteiger partial charge on any atom is -0.502 e. The Bertz CT molecular complexity index is 1260. The number of phenols is 1. The number of nitro groups is 1. The Labute approximate surface area is 214 Å². The van der Waals surface area contributed by atoms with E-state index in [4.69, 9.17) is 5.11 Å². The first-order valence-electron chi connectivity index (χ1n) is 9.30. The van der Waals surface area contributed by atoms with Gasteiger partial charge in [0.15, 0.2) is 11.5 Å². The average molecular weight is 640 g/mol. The molecule has 0 aliphatic heterocycles. The molecule has 0 aromatic heterocycles. The molecule has 0 heterocycles. The molecule has 0 radical (unpaired) electrons. The topological polar surface area (TPSA) is 118 Å². The molecular weight excluding hydrogens is 625 g/mol. The molecular formula is C23H15BrINO6S. The van der Waals surface area contributed by atoms with Gasteiger partial charge in [-0.1, -0.05) is 40.2 Å². The number of rotatable bonds is 8. The zero-order valence-corrected chi connectivity index (χ0v) is 21.3. The summed E-state index contributed by atoms with van der Waals surface area (Å²) >= 11 is 6.65. The fourth-order valence-electron chi connectivity index (χ4n) is 2.81. The highest BCUT2D eigenvalue weighted by molar-refractivity contribution is 14.1. The molecule has 3 aromatic carbocycles. The molecule has 0 saturated carbocycles. The lowest BCUT2D eigenvalue weighted by molar-refractivity contribution is -0.385. The fraction of sp³-hybridized carbons (Fsp3) is 0.0435. The lowest BCUT2D eigenvalue weighted by Crippen LogP contribution is -2.04. The zero-order valence-electron chi connectivity index (χ0n) is 16.7. The number of aromatic carboxylic acids is 1. The van der Waals surface area contributed by atoms with Gasteiger partial charge in [0.2, 0.25) is 0 Å². The second-order valence-electron chi connectivity index (χ2n) is 6.73. The molecule has 0 saturated heterocycles. The third-order valence-corrected chi connectivity index (χ3v) is 7.73. The van der Waals surface area contributed by atoms with Crippen molar-refractivity contribution in [2.75, 3.05) is 0 Å². The summed E-state index contributed by atoms with van der Waals surface area (Å²) in [5.41, 5.74) is 1.37. The summed E-state index contributed by atoms with van der Waals surface area (Å²) in [5, 5.41) is 30.2. The molecule has 0 fully saturated rings. The number of allylic oxidation sites excluding steroid dienone is 1. The van der Waals surface area contributed by atoms with Gasteiger partial charge in [0.05, 0.1) is 15.4 Å². The Balaban J connectivity index is 2.02. The summed E-state index contributed by atoms with van der Waals surface area (Å²) in [6.07, 6.45) is 0. The number of Topliss-reactive ketones (excluding diaryl/α,β-unsaturated/α-hetero) is 1. The minimum atomic E-state index is -1.09. The van der Waals surface area contributed by atoms with E-state index in [-0.39, 0.29) is 11.3 Å². The van der Waals surface area contributed by atoms with E-state index in [1.807, 2.05) is 46.9 Å². The second-order valence-corrected chi connectivity index (χ2v) is 9.71. The van der Waals surface area contributed by atoms with Crippen LogP contribution in [0.4, 0.5) is 5.69 Å². The van der Waals surface area contributed by atoms with Gasteiger partial charge in [-0.2, -0.15) is 0 Å². The molecule has 3 rings (SSSR count). The summed E-state index contributed by atoms with van der Waals surface area (Å²) in [6, 6.07) is 17.2. The van der Waals surface area contributed by atoms with Gasteiger partial charge in [0, 0.05) is 25.4 Å². The van der Waals surface area contributed by atoms with E-state index in [1.54, 1.807) is 0 Å². The number of carbonyl (C=O) groups excluding carboxylic acids is 1. The van der Waals surface area contributed by atoms with Crippen molar-refractivity contribution in [3.05, 3.63) is 108 Å². The summed E-state index contributed by atoms with van der Waals surface area (Å²) in [5.74, 6) is -1.43. The van der Waals surface area contributed by atoms with Crippen molar-refractivity contribution >= 4 is 71.3 Å². The van der Waals surface area contributed by atoms with E-state index in [0.717, 1.165) is 10.0 Å². The first-order chi connectivity index (χ1) is 15.7. The van der Waals surface area contributed by atoms with Crippen molar-refractivity contribution in [2.45, 2.75) is 5.75 Å². The number of benzene rings is 3. The van der Waals surface area contributed by atoms with E-state index < -0.39 is 22.3 Å². The smallest absolute Gasteiger partial charge is 0.335 e. The number of hydrogen-bond donors (Lipinski definition) is 2. The predicted molar refractivity (Wildman–Crippen MR) is 139 cm³/mol. The van der Waals surface area contributed by atoms with Gasteiger partial charge in [-0.15, -0.1) is 11.8 Å². The van der Waals surface area contributed by atoms with Gasteiger partial charge in [-0.05, 0) is 70.1 Å². The van der Waals surface area contributed by atoms with Crippen molar-refractivity contribution < 1.29 is 24.7 Å². The normalized spacial score (nSPS) is 11.6. The maximum absolute atomic E-state index is 13.4. The fourth-order valence-corrected chi connectivity index (χ4v) is 5.11. The number of aromatic hydroxyl groups is 1. The molecule has 7 nitrogen and oxygen atoms in total. The first kappa shape index (κ1) is 24.9. The number of phenolic OH excluding ortho intramolecular Hbond substituents is 1. The summed E-state index contributed by atoms with van der Waals surface area (Å²) < 4.78 is 1.43. The number of ketones is 1. The first-order valence-corrected chi connectivity index (χ1v) is 12.2. The predicted octanol–water partition coefficient (Wildman–Crippen LogP) is 6.68. The third-order valence-electron chi connectivity index (χ3n) is 4.52. The number of carboxylic acids is 1. The van der Waals surface area contributed by atoms with Crippen molar-refractivity contribution in [2.24, 2.45) is 0 Å². The molecule has 0 amide bonds. The highest BCUT2D eigenvalue weighted by Gasteiger charge is 2.21. The van der Waals surface area contributed by atoms with Crippen LogP contribution in [-0.4, -0.2) is 26.9 Å². The summed E-state index contributed by atoms with van der Waals surface area (Å²) in [7, 11) is 0. The van der Waals surface area contributed by atoms with Crippen LogP contribution < -0.4 is 0 Å². The lowest BCUT2D eigenvalue weighted by Gasteiger charge is -2.12. The number of thioether (sulfide) groups is 1. The van der Waals surface area contributed by atoms with Gasteiger partial charge in [-0.3, -0.25) is 14.9 Å². The number of nitrogens with zero attached hydrogens (tertiary/aromatic N) is 1. The standard InChI is InChI=1S/C23H15BrINO6S/c24-17-8-1-13(2-9-17)12-33-22(21(28)14-3-5-15(6-4-14)23(29)30)20(25)16-7-10-18(26(31)32)19(27)11-16/h1-11,27H,12H2,(H,29,30). The van der Waals surface area contributed by atoms with Crippen molar-refractivity contribution in [3.8, 4) is 5.75 Å². The van der Waals surface area contributed by atoms with E-state index in [1.165, 1.54) is 54.2 Å². The number of carbonyl (C=O) groups is 2. The number of hydrogen-bond acceptors (Lipinski definition) is 6. The van der Waals surface area contributed by atoms with Gasteiger partial charge in [-0.25, -0.2) is 4.79 Å². The molecule has 0 spiro atoms. The second kappa shape index (κ2) is 10.9. The molecule has 2 N–H and O–H groups in total. The number of carboxylic acid groups (broad SMARTS) is 1. The Hall–Kier alpha value is -2.70.